The van der Waals surface area contributed by atoms with Crippen LogP contribution in [0.4, 0.5) is 0 Å². The molecule has 1 rings (SSSR count). The molecular formula is C5H6ClN3S. The highest BCUT2D eigenvalue weighted by molar-refractivity contribution is 7.05. The molecule has 0 aliphatic heterocycles. The maximum atomic E-state index is 5.54. The summed E-state index contributed by atoms with van der Waals surface area (Å²) in [7, 11) is 0. The van der Waals surface area contributed by atoms with Crippen LogP contribution < -0.4 is 5.73 Å². The lowest BCUT2D eigenvalue weighted by Gasteiger charge is -1.96. The smallest absolute Gasteiger partial charge is 0.234 e. The van der Waals surface area contributed by atoms with E-state index >= 15 is 0 Å². The van der Waals surface area contributed by atoms with Gasteiger partial charge in [0.2, 0.25) is 5.28 Å². The molecule has 1 aromatic rings. The second kappa shape index (κ2) is 3.09. The lowest BCUT2D eigenvalue weighted by atomic mass is 10.3. The van der Waals surface area contributed by atoms with Gasteiger partial charge in [0.25, 0.3) is 0 Å². The van der Waals surface area contributed by atoms with Crippen LogP contribution in [0.5, 0.6) is 0 Å². The summed E-state index contributed by atoms with van der Waals surface area (Å²) in [5.74, 6) is 0. The Morgan fingerprint density at radius 1 is 1.80 bits per heavy atom. The van der Waals surface area contributed by atoms with Gasteiger partial charge in [0.15, 0.2) is 0 Å². The van der Waals surface area contributed by atoms with Crippen LogP contribution in [0, 0.1) is 0 Å². The van der Waals surface area contributed by atoms with Crippen LogP contribution in [0.25, 0.3) is 0 Å². The topological polar surface area (TPSA) is 51.8 Å². The van der Waals surface area contributed by atoms with Crippen LogP contribution in [-0.2, 0) is 0 Å². The monoisotopic (exact) mass is 175 g/mol. The minimum atomic E-state index is -0.245. The van der Waals surface area contributed by atoms with E-state index in [2.05, 4.69) is 15.9 Å². The molecule has 5 heteroatoms. The first-order valence-electron chi connectivity index (χ1n) is 2.61. The zero-order chi connectivity index (χ0) is 7.56. The van der Waals surface area contributed by atoms with E-state index in [9.17, 15) is 0 Å². The maximum absolute atomic E-state index is 5.54. The van der Waals surface area contributed by atoms with Crippen LogP contribution in [0.1, 0.15) is 11.0 Å². The highest BCUT2D eigenvalue weighted by Gasteiger charge is 2.06. The quantitative estimate of drug-likeness (QED) is 0.691. The van der Waals surface area contributed by atoms with Gasteiger partial charge in [-0.1, -0.05) is 6.08 Å². The number of rotatable bonds is 2. The zero-order valence-corrected chi connectivity index (χ0v) is 6.69. The van der Waals surface area contributed by atoms with E-state index in [1.54, 1.807) is 6.08 Å². The van der Waals surface area contributed by atoms with Crippen molar-refractivity contribution in [1.29, 1.82) is 0 Å². The minimum Gasteiger partial charge on any atom is -0.319 e. The number of hydrogen-bond donors (Lipinski definition) is 1. The molecular weight excluding hydrogens is 170 g/mol. The summed E-state index contributed by atoms with van der Waals surface area (Å²) in [4.78, 5) is 3.86. The van der Waals surface area contributed by atoms with Gasteiger partial charge in [-0.2, -0.15) is 4.37 Å². The Kier molecular flexibility index (Phi) is 2.37. The van der Waals surface area contributed by atoms with Crippen molar-refractivity contribution in [3.8, 4) is 0 Å². The molecule has 0 aliphatic carbocycles. The molecule has 0 saturated carbocycles. The predicted molar refractivity (Wildman–Crippen MR) is 42.0 cm³/mol. The van der Waals surface area contributed by atoms with Gasteiger partial charge in [0.05, 0.1) is 6.04 Å². The molecule has 0 aromatic carbocycles. The SMILES string of the molecule is C=CC(N)c1nc(Cl)ns1. The van der Waals surface area contributed by atoms with Crippen LogP contribution in [0.2, 0.25) is 5.28 Å². The van der Waals surface area contributed by atoms with Crippen molar-refractivity contribution < 1.29 is 0 Å². The molecule has 3 nitrogen and oxygen atoms in total. The third-order valence-corrected chi connectivity index (χ3v) is 2.04. The Bertz CT molecular complexity index is 235. The minimum absolute atomic E-state index is 0.245. The predicted octanol–water partition coefficient (Wildman–Crippen LogP) is 1.38. The van der Waals surface area contributed by atoms with E-state index < -0.39 is 0 Å². The molecule has 10 heavy (non-hydrogen) atoms. The first-order chi connectivity index (χ1) is 4.74. The molecule has 1 heterocycles. The molecule has 0 radical (unpaired) electrons. The normalized spacial score (nSPS) is 13.0. The lowest BCUT2D eigenvalue weighted by Crippen LogP contribution is -2.05. The van der Waals surface area contributed by atoms with E-state index in [1.807, 2.05) is 0 Å². The van der Waals surface area contributed by atoms with Crippen molar-refractivity contribution in [2.24, 2.45) is 5.73 Å². The molecule has 2 N–H and O–H groups in total. The average Bonchev–Trinajstić information content (AvgIpc) is 2.34. The fraction of sp³-hybridized carbons (Fsp3) is 0.200. The molecule has 1 atom stereocenters. The average molecular weight is 176 g/mol. The van der Waals surface area contributed by atoms with Crippen molar-refractivity contribution in [1.82, 2.24) is 9.36 Å². The molecule has 0 saturated heterocycles. The highest BCUT2D eigenvalue weighted by atomic mass is 35.5. The van der Waals surface area contributed by atoms with E-state index in [0.717, 1.165) is 0 Å². The molecule has 0 fully saturated rings. The molecule has 0 aliphatic rings. The second-order valence-corrected chi connectivity index (χ2v) is 2.78. The number of nitrogens with zero attached hydrogens (tertiary/aromatic N) is 2. The van der Waals surface area contributed by atoms with Crippen LogP contribution >= 0.6 is 23.1 Å². The van der Waals surface area contributed by atoms with Crippen molar-refractivity contribution in [3.63, 3.8) is 0 Å². The van der Waals surface area contributed by atoms with Crippen LogP contribution in [0.3, 0.4) is 0 Å². The molecule has 0 spiro atoms. The van der Waals surface area contributed by atoms with Gasteiger partial charge in [-0.15, -0.1) is 6.58 Å². The van der Waals surface area contributed by atoms with Crippen molar-refractivity contribution in [2.75, 3.05) is 0 Å². The Labute approximate surface area is 67.7 Å². The summed E-state index contributed by atoms with van der Waals surface area (Å²) >= 11 is 6.65. The standard InChI is InChI=1S/C5H6ClN3S/c1-2-3(7)4-8-5(6)9-10-4/h2-3H,1,7H2. The summed E-state index contributed by atoms with van der Waals surface area (Å²) in [6.07, 6.45) is 1.59. The summed E-state index contributed by atoms with van der Waals surface area (Å²) in [5.41, 5.74) is 5.54. The summed E-state index contributed by atoms with van der Waals surface area (Å²) in [5, 5.41) is 0.942. The van der Waals surface area contributed by atoms with E-state index in [-0.39, 0.29) is 11.3 Å². The van der Waals surface area contributed by atoms with E-state index in [0.29, 0.717) is 5.01 Å². The van der Waals surface area contributed by atoms with Gasteiger partial charge in [-0.3, -0.25) is 0 Å². The summed E-state index contributed by atoms with van der Waals surface area (Å²) in [6.45, 7) is 3.52. The van der Waals surface area contributed by atoms with Crippen molar-refractivity contribution in [3.05, 3.63) is 22.9 Å². The molecule has 0 amide bonds. The third-order valence-electron chi connectivity index (χ3n) is 0.956. The van der Waals surface area contributed by atoms with Gasteiger partial charge < -0.3 is 5.73 Å². The third kappa shape index (κ3) is 1.53. The Morgan fingerprint density at radius 2 is 2.50 bits per heavy atom. The molecule has 54 valence electrons. The van der Waals surface area contributed by atoms with Crippen molar-refractivity contribution >= 4 is 23.1 Å². The maximum Gasteiger partial charge on any atom is 0.234 e. The van der Waals surface area contributed by atoms with Gasteiger partial charge >= 0.3 is 0 Å². The number of halogens is 1. The van der Waals surface area contributed by atoms with Gasteiger partial charge in [-0.05, 0) is 23.1 Å². The van der Waals surface area contributed by atoms with Crippen LogP contribution in [0.15, 0.2) is 12.7 Å². The Hall–Kier alpha value is -0.450. The van der Waals surface area contributed by atoms with Gasteiger partial charge in [-0.25, -0.2) is 4.98 Å². The Balaban J connectivity index is 2.84. The van der Waals surface area contributed by atoms with Gasteiger partial charge in [0, 0.05) is 0 Å². The first kappa shape index (κ1) is 7.65. The Morgan fingerprint density at radius 3 is 2.90 bits per heavy atom. The lowest BCUT2D eigenvalue weighted by molar-refractivity contribution is 0.896. The summed E-state index contributed by atoms with van der Waals surface area (Å²) < 4.78 is 3.75. The highest BCUT2D eigenvalue weighted by Crippen LogP contribution is 2.15. The first-order valence-corrected chi connectivity index (χ1v) is 3.76. The fourth-order valence-electron chi connectivity index (χ4n) is 0.452. The fourth-order valence-corrected chi connectivity index (χ4v) is 1.25. The summed E-state index contributed by atoms with van der Waals surface area (Å²) in [6, 6.07) is -0.245. The molecule has 0 bridgehead atoms. The van der Waals surface area contributed by atoms with Gasteiger partial charge in [0.1, 0.15) is 5.01 Å². The molecule has 1 aromatic heterocycles. The van der Waals surface area contributed by atoms with Crippen LogP contribution in [-0.4, -0.2) is 9.36 Å². The zero-order valence-electron chi connectivity index (χ0n) is 5.12. The number of nitrogens with two attached hydrogens (primary N) is 1. The second-order valence-electron chi connectivity index (χ2n) is 1.66. The largest absolute Gasteiger partial charge is 0.319 e. The van der Waals surface area contributed by atoms with E-state index in [1.165, 1.54) is 11.5 Å². The number of aromatic nitrogens is 2. The number of hydrogen-bond acceptors (Lipinski definition) is 4. The van der Waals surface area contributed by atoms with Crippen molar-refractivity contribution in [2.45, 2.75) is 6.04 Å². The van der Waals surface area contributed by atoms with E-state index in [4.69, 9.17) is 17.3 Å². The molecule has 1 unspecified atom stereocenters.